The fraction of sp³-hybridized carbons (Fsp3) is 0.217. The van der Waals surface area contributed by atoms with Gasteiger partial charge in [0.25, 0.3) is 0 Å². The molecule has 2 aromatic carbocycles. The van der Waals surface area contributed by atoms with Crippen LogP contribution in [0.5, 0.6) is 11.5 Å². The molecule has 5 heteroatoms. The first-order valence-electron chi connectivity index (χ1n) is 9.50. The van der Waals surface area contributed by atoms with Crippen molar-refractivity contribution in [2.24, 2.45) is 0 Å². The van der Waals surface area contributed by atoms with E-state index in [1.807, 2.05) is 59.4 Å². The van der Waals surface area contributed by atoms with Gasteiger partial charge in [-0.2, -0.15) is 5.10 Å². The number of aromatic nitrogens is 3. The number of rotatable bonds is 7. The summed E-state index contributed by atoms with van der Waals surface area (Å²) in [5.41, 5.74) is 4.18. The quantitative estimate of drug-likeness (QED) is 0.472. The summed E-state index contributed by atoms with van der Waals surface area (Å²) in [6.07, 6.45) is 5.83. The number of fused-ring (bicyclic) bond motifs is 1. The van der Waals surface area contributed by atoms with E-state index in [1.54, 1.807) is 0 Å². The first kappa shape index (κ1) is 18.2. The third-order valence-corrected chi connectivity index (χ3v) is 4.66. The van der Waals surface area contributed by atoms with Gasteiger partial charge in [0.2, 0.25) is 0 Å². The molecule has 0 spiro atoms. The van der Waals surface area contributed by atoms with Gasteiger partial charge < -0.3 is 9.64 Å². The second-order valence-corrected chi connectivity index (χ2v) is 7.08. The average molecular weight is 372 g/mol. The van der Waals surface area contributed by atoms with E-state index in [9.17, 15) is 0 Å². The van der Waals surface area contributed by atoms with Gasteiger partial charge in [-0.3, -0.25) is 0 Å². The van der Waals surface area contributed by atoms with Crippen LogP contribution in [0.3, 0.4) is 0 Å². The number of benzene rings is 2. The van der Waals surface area contributed by atoms with Crippen molar-refractivity contribution in [3.05, 3.63) is 78.8 Å². The van der Waals surface area contributed by atoms with Gasteiger partial charge in [0, 0.05) is 17.5 Å². The minimum absolute atomic E-state index is 0.809. The molecule has 0 saturated carbocycles. The summed E-state index contributed by atoms with van der Waals surface area (Å²) in [4.78, 5) is 6.77. The highest BCUT2D eigenvalue weighted by Crippen LogP contribution is 2.28. The van der Waals surface area contributed by atoms with E-state index < -0.39 is 0 Å². The lowest BCUT2D eigenvalue weighted by Gasteiger charge is -2.09. The van der Waals surface area contributed by atoms with Crippen LogP contribution in [0.15, 0.2) is 73.1 Å². The van der Waals surface area contributed by atoms with Gasteiger partial charge in [-0.1, -0.05) is 30.3 Å². The molecule has 0 atom stereocenters. The molecule has 0 radical (unpaired) electrons. The lowest BCUT2D eigenvalue weighted by Crippen LogP contribution is -2.14. The fourth-order valence-electron chi connectivity index (χ4n) is 3.24. The molecule has 2 aromatic heterocycles. The Morgan fingerprint density at radius 1 is 0.929 bits per heavy atom. The predicted octanol–water partition coefficient (Wildman–Crippen LogP) is 4.68. The van der Waals surface area contributed by atoms with Crippen molar-refractivity contribution in [2.75, 3.05) is 20.6 Å². The number of ether oxygens (including phenoxy) is 1. The first-order valence-corrected chi connectivity index (χ1v) is 9.50. The van der Waals surface area contributed by atoms with Crippen molar-refractivity contribution in [3.8, 4) is 22.6 Å². The molecule has 4 aromatic rings. The third-order valence-electron chi connectivity index (χ3n) is 4.66. The molecule has 0 aliphatic carbocycles. The largest absolute Gasteiger partial charge is 0.457 e. The zero-order valence-corrected chi connectivity index (χ0v) is 16.2. The molecule has 0 saturated heterocycles. The standard InChI is InChI=1S/C23H24N4O/c1-26(2)16-6-7-19-14-15-24-23-22(17-25-27(19)23)18-10-12-21(13-11-18)28-20-8-4-3-5-9-20/h3-5,8-15,17H,6-7,16H2,1-2H3. The monoisotopic (exact) mass is 372 g/mol. The number of aryl methyl sites for hydroxylation is 1. The molecule has 0 amide bonds. The summed E-state index contributed by atoms with van der Waals surface area (Å²) in [6.45, 7) is 1.06. The molecule has 2 heterocycles. The Kier molecular flexibility index (Phi) is 5.35. The van der Waals surface area contributed by atoms with Crippen molar-refractivity contribution in [1.82, 2.24) is 19.5 Å². The topological polar surface area (TPSA) is 42.7 Å². The minimum Gasteiger partial charge on any atom is -0.457 e. The minimum atomic E-state index is 0.809. The Bertz CT molecular complexity index is 1040. The van der Waals surface area contributed by atoms with Crippen LogP contribution in [0.25, 0.3) is 16.8 Å². The van der Waals surface area contributed by atoms with E-state index >= 15 is 0 Å². The van der Waals surface area contributed by atoms with Crippen LogP contribution in [0.1, 0.15) is 12.1 Å². The van der Waals surface area contributed by atoms with E-state index in [2.05, 4.69) is 47.3 Å². The highest BCUT2D eigenvalue weighted by Gasteiger charge is 2.11. The number of hydrogen-bond donors (Lipinski definition) is 0. The van der Waals surface area contributed by atoms with Crippen LogP contribution in [-0.4, -0.2) is 40.1 Å². The highest BCUT2D eigenvalue weighted by molar-refractivity contribution is 5.77. The maximum atomic E-state index is 5.88. The molecule has 5 nitrogen and oxygen atoms in total. The van der Waals surface area contributed by atoms with E-state index in [-0.39, 0.29) is 0 Å². The Morgan fingerprint density at radius 2 is 1.68 bits per heavy atom. The smallest absolute Gasteiger partial charge is 0.163 e. The van der Waals surface area contributed by atoms with Crippen molar-refractivity contribution in [1.29, 1.82) is 0 Å². The SMILES string of the molecule is CN(C)CCCc1ccnc2c(-c3ccc(Oc4ccccc4)cc3)cnn12. The molecular weight excluding hydrogens is 348 g/mol. The Hall–Kier alpha value is -3.18. The van der Waals surface area contributed by atoms with Crippen molar-refractivity contribution in [2.45, 2.75) is 12.8 Å². The normalized spacial score (nSPS) is 11.2. The average Bonchev–Trinajstić information content (AvgIpc) is 3.14. The van der Waals surface area contributed by atoms with Crippen LogP contribution in [-0.2, 0) is 6.42 Å². The molecule has 0 fully saturated rings. The van der Waals surface area contributed by atoms with Gasteiger partial charge in [0.15, 0.2) is 5.65 Å². The van der Waals surface area contributed by atoms with Crippen LogP contribution in [0.2, 0.25) is 0 Å². The molecular formula is C23H24N4O. The summed E-state index contributed by atoms with van der Waals surface area (Å²) in [6, 6.07) is 19.9. The van der Waals surface area contributed by atoms with Crippen molar-refractivity contribution >= 4 is 5.65 Å². The Morgan fingerprint density at radius 3 is 2.43 bits per heavy atom. The maximum Gasteiger partial charge on any atom is 0.163 e. The van der Waals surface area contributed by atoms with Crippen molar-refractivity contribution < 1.29 is 4.74 Å². The van der Waals surface area contributed by atoms with Gasteiger partial charge in [-0.05, 0) is 69.4 Å². The van der Waals surface area contributed by atoms with Crippen LogP contribution in [0.4, 0.5) is 0 Å². The molecule has 0 aliphatic rings. The maximum absolute atomic E-state index is 5.88. The van der Waals surface area contributed by atoms with E-state index in [1.165, 1.54) is 5.69 Å². The molecule has 0 bridgehead atoms. The Balaban J connectivity index is 1.55. The summed E-state index contributed by atoms with van der Waals surface area (Å²) in [5.74, 6) is 1.64. The second kappa shape index (κ2) is 8.23. The predicted molar refractivity (Wildman–Crippen MR) is 112 cm³/mol. The summed E-state index contributed by atoms with van der Waals surface area (Å²) in [7, 11) is 4.19. The molecule has 28 heavy (non-hydrogen) atoms. The number of hydrogen-bond acceptors (Lipinski definition) is 4. The highest BCUT2D eigenvalue weighted by atomic mass is 16.5. The summed E-state index contributed by atoms with van der Waals surface area (Å²) >= 11 is 0. The van der Waals surface area contributed by atoms with Crippen molar-refractivity contribution in [3.63, 3.8) is 0 Å². The van der Waals surface area contributed by atoms with Gasteiger partial charge in [-0.25, -0.2) is 9.50 Å². The number of nitrogens with zero attached hydrogens (tertiary/aromatic N) is 4. The van der Waals surface area contributed by atoms with Gasteiger partial charge in [-0.15, -0.1) is 0 Å². The third kappa shape index (κ3) is 4.05. The summed E-state index contributed by atoms with van der Waals surface area (Å²) < 4.78 is 7.84. The zero-order chi connectivity index (χ0) is 19.3. The zero-order valence-electron chi connectivity index (χ0n) is 16.2. The molecule has 0 unspecified atom stereocenters. The molecule has 0 aliphatic heterocycles. The van der Waals surface area contributed by atoms with E-state index in [0.717, 1.165) is 47.7 Å². The van der Waals surface area contributed by atoms with Gasteiger partial charge in [0.1, 0.15) is 11.5 Å². The van der Waals surface area contributed by atoms with E-state index in [0.29, 0.717) is 0 Å². The van der Waals surface area contributed by atoms with Gasteiger partial charge >= 0.3 is 0 Å². The van der Waals surface area contributed by atoms with Crippen LogP contribution < -0.4 is 4.74 Å². The molecule has 4 rings (SSSR count). The fourth-order valence-corrected chi connectivity index (χ4v) is 3.24. The lowest BCUT2D eigenvalue weighted by atomic mass is 10.1. The van der Waals surface area contributed by atoms with Crippen LogP contribution in [0, 0.1) is 0 Å². The second-order valence-electron chi connectivity index (χ2n) is 7.08. The van der Waals surface area contributed by atoms with E-state index in [4.69, 9.17) is 4.74 Å². The first-order chi connectivity index (χ1) is 13.7. The number of para-hydroxylation sites is 1. The Labute approximate surface area is 165 Å². The van der Waals surface area contributed by atoms with Gasteiger partial charge in [0.05, 0.1) is 6.20 Å². The van der Waals surface area contributed by atoms with Crippen LogP contribution >= 0.6 is 0 Å². The molecule has 0 N–H and O–H groups in total. The molecule has 142 valence electrons. The lowest BCUT2D eigenvalue weighted by molar-refractivity contribution is 0.399. The summed E-state index contributed by atoms with van der Waals surface area (Å²) in [5, 5.41) is 4.59.